The summed E-state index contributed by atoms with van der Waals surface area (Å²) in [6.45, 7) is 7.21. The molecule has 6 nitrogen and oxygen atoms in total. The molecule has 2 aliphatic rings. The van der Waals surface area contributed by atoms with Gasteiger partial charge in [-0.2, -0.15) is 0 Å². The van der Waals surface area contributed by atoms with Gasteiger partial charge in [0.25, 0.3) is 0 Å². The second-order valence-corrected chi connectivity index (χ2v) is 8.39. The number of rotatable bonds is 7. The second-order valence-electron chi connectivity index (χ2n) is 8.39. The van der Waals surface area contributed by atoms with Crippen molar-refractivity contribution < 1.29 is 9.52 Å². The SMILES string of the molecule is CCC(C)NC(=NCCc1ccco1)NC1CCN(C2CCCCC2O)CC1.I. The molecule has 1 saturated carbocycles. The topological polar surface area (TPSA) is 73.0 Å². The third kappa shape index (κ3) is 7.75. The number of hydrogen-bond donors (Lipinski definition) is 3. The van der Waals surface area contributed by atoms with E-state index in [9.17, 15) is 5.11 Å². The van der Waals surface area contributed by atoms with E-state index in [1.807, 2.05) is 12.1 Å². The summed E-state index contributed by atoms with van der Waals surface area (Å²) in [6.07, 6.45) is 10.2. The summed E-state index contributed by atoms with van der Waals surface area (Å²) in [4.78, 5) is 7.29. The number of nitrogens with one attached hydrogen (secondary N) is 2. The van der Waals surface area contributed by atoms with E-state index >= 15 is 0 Å². The summed E-state index contributed by atoms with van der Waals surface area (Å²) in [5, 5.41) is 17.5. The van der Waals surface area contributed by atoms with Crippen molar-refractivity contribution >= 4 is 29.9 Å². The van der Waals surface area contributed by atoms with Gasteiger partial charge in [-0.25, -0.2) is 0 Å². The van der Waals surface area contributed by atoms with Crippen LogP contribution < -0.4 is 10.6 Å². The molecule has 3 atom stereocenters. The normalized spacial score (nSPS) is 25.3. The molecule has 3 unspecified atom stereocenters. The molecular weight excluding hydrogens is 479 g/mol. The van der Waals surface area contributed by atoms with Crippen molar-refractivity contribution in [2.75, 3.05) is 19.6 Å². The Balaban J connectivity index is 0.00000300. The van der Waals surface area contributed by atoms with E-state index in [0.717, 1.165) is 63.3 Å². The molecule has 0 radical (unpaired) electrons. The van der Waals surface area contributed by atoms with E-state index in [4.69, 9.17) is 9.41 Å². The number of halogens is 1. The molecule has 29 heavy (non-hydrogen) atoms. The lowest BCUT2D eigenvalue weighted by Crippen LogP contribution is -2.54. The molecule has 0 aromatic carbocycles. The Hall–Kier alpha value is -0.800. The van der Waals surface area contributed by atoms with Crippen molar-refractivity contribution in [3.63, 3.8) is 0 Å². The second kappa shape index (κ2) is 12.8. The molecular formula is C22H39IN4O2. The molecule has 1 aliphatic carbocycles. The molecule has 7 heteroatoms. The van der Waals surface area contributed by atoms with Gasteiger partial charge >= 0.3 is 0 Å². The summed E-state index contributed by atoms with van der Waals surface area (Å²) in [5.74, 6) is 1.89. The standard InChI is InChI=1S/C22H38N4O2.HI/c1-3-17(2)24-22(23-13-10-19-7-6-16-28-19)25-18-11-14-26(15-12-18)20-8-4-5-9-21(20)27;/h6-7,16-18,20-21,27H,3-5,8-15H2,1-2H3,(H2,23,24,25);1H. The van der Waals surface area contributed by atoms with Crippen LogP contribution in [0.4, 0.5) is 0 Å². The maximum absolute atomic E-state index is 10.3. The summed E-state index contributed by atoms with van der Waals surface area (Å²) < 4.78 is 5.41. The number of likely N-dealkylation sites (tertiary alicyclic amines) is 1. The third-order valence-electron chi connectivity index (χ3n) is 6.24. The molecule has 3 N–H and O–H groups in total. The van der Waals surface area contributed by atoms with Crippen LogP contribution >= 0.6 is 24.0 Å². The fraction of sp³-hybridized carbons (Fsp3) is 0.773. The van der Waals surface area contributed by atoms with Crippen LogP contribution in [0.5, 0.6) is 0 Å². The summed E-state index contributed by atoms with van der Waals surface area (Å²) in [5.41, 5.74) is 0. The number of piperidine rings is 1. The molecule has 1 aromatic rings. The predicted molar refractivity (Wildman–Crippen MR) is 129 cm³/mol. The van der Waals surface area contributed by atoms with Crippen molar-refractivity contribution in [3.8, 4) is 0 Å². The van der Waals surface area contributed by atoms with Crippen LogP contribution in [0.2, 0.25) is 0 Å². The average Bonchev–Trinajstić information content (AvgIpc) is 3.22. The van der Waals surface area contributed by atoms with Gasteiger partial charge in [-0.1, -0.05) is 19.8 Å². The Morgan fingerprint density at radius 2 is 2.03 bits per heavy atom. The number of hydrogen-bond acceptors (Lipinski definition) is 4. The Labute approximate surface area is 192 Å². The number of aliphatic hydroxyl groups is 1. The smallest absolute Gasteiger partial charge is 0.191 e. The van der Waals surface area contributed by atoms with Crippen molar-refractivity contribution in [2.24, 2.45) is 4.99 Å². The van der Waals surface area contributed by atoms with Gasteiger partial charge < -0.3 is 20.2 Å². The van der Waals surface area contributed by atoms with Crippen molar-refractivity contribution in [2.45, 2.75) is 89.4 Å². The van der Waals surface area contributed by atoms with E-state index in [-0.39, 0.29) is 30.1 Å². The Morgan fingerprint density at radius 3 is 2.69 bits per heavy atom. The number of nitrogens with zero attached hydrogens (tertiary/aromatic N) is 2. The van der Waals surface area contributed by atoms with E-state index in [0.29, 0.717) is 24.7 Å². The molecule has 1 saturated heterocycles. The Bertz CT molecular complexity index is 588. The Morgan fingerprint density at radius 1 is 1.28 bits per heavy atom. The van der Waals surface area contributed by atoms with Gasteiger partial charge in [-0.3, -0.25) is 9.89 Å². The first-order valence-electron chi connectivity index (χ1n) is 11.2. The minimum atomic E-state index is -0.135. The van der Waals surface area contributed by atoms with Gasteiger partial charge in [-0.15, -0.1) is 24.0 Å². The molecule has 2 fully saturated rings. The highest BCUT2D eigenvalue weighted by molar-refractivity contribution is 14.0. The number of aliphatic imine (C=N–C) groups is 1. The number of guanidine groups is 1. The minimum Gasteiger partial charge on any atom is -0.469 e. The number of aliphatic hydroxyl groups excluding tert-OH is 1. The molecule has 1 aliphatic heterocycles. The van der Waals surface area contributed by atoms with Gasteiger partial charge in [0.1, 0.15) is 5.76 Å². The zero-order valence-corrected chi connectivity index (χ0v) is 20.3. The average molecular weight is 518 g/mol. The van der Waals surface area contributed by atoms with E-state index in [2.05, 4.69) is 29.4 Å². The first kappa shape index (κ1) is 24.5. The lowest BCUT2D eigenvalue weighted by molar-refractivity contribution is 0.00809. The molecule has 0 bridgehead atoms. The first-order valence-corrected chi connectivity index (χ1v) is 11.2. The van der Waals surface area contributed by atoms with Crippen molar-refractivity contribution in [1.82, 2.24) is 15.5 Å². The quantitative estimate of drug-likeness (QED) is 0.293. The fourth-order valence-electron chi connectivity index (χ4n) is 4.29. The Kier molecular flexibility index (Phi) is 10.8. The molecule has 0 spiro atoms. The zero-order valence-electron chi connectivity index (χ0n) is 18.0. The zero-order chi connectivity index (χ0) is 19.8. The third-order valence-corrected chi connectivity index (χ3v) is 6.24. The van der Waals surface area contributed by atoms with E-state index in [1.165, 1.54) is 12.8 Å². The molecule has 1 aromatic heterocycles. The maximum Gasteiger partial charge on any atom is 0.191 e. The maximum atomic E-state index is 10.3. The van der Waals surface area contributed by atoms with Gasteiger partial charge in [0.05, 0.1) is 12.4 Å². The van der Waals surface area contributed by atoms with Crippen LogP contribution in [0.1, 0.15) is 64.6 Å². The van der Waals surface area contributed by atoms with E-state index in [1.54, 1.807) is 6.26 Å². The minimum absolute atomic E-state index is 0. The van der Waals surface area contributed by atoms with Gasteiger partial charge in [-0.05, 0) is 51.2 Å². The highest BCUT2D eigenvalue weighted by Gasteiger charge is 2.31. The lowest BCUT2D eigenvalue weighted by atomic mass is 9.89. The summed E-state index contributed by atoms with van der Waals surface area (Å²) in [6, 6.07) is 5.13. The highest BCUT2D eigenvalue weighted by atomic mass is 127. The largest absolute Gasteiger partial charge is 0.469 e. The monoisotopic (exact) mass is 518 g/mol. The highest BCUT2D eigenvalue weighted by Crippen LogP contribution is 2.25. The van der Waals surface area contributed by atoms with Crippen LogP contribution in [0.3, 0.4) is 0 Å². The van der Waals surface area contributed by atoms with Gasteiger partial charge in [0.15, 0.2) is 5.96 Å². The van der Waals surface area contributed by atoms with Crippen LogP contribution in [-0.4, -0.2) is 59.8 Å². The molecule has 0 amide bonds. The van der Waals surface area contributed by atoms with E-state index < -0.39 is 0 Å². The van der Waals surface area contributed by atoms with Crippen LogP contribution in [0.25, 0.3) is 0 Å². The van der Waals surface area contributed by atoms with Gasteiger partial charge in [0, 0.05) is 44.2 Å². The van der Waals surface area contributed by atoms with Crippen LogP contribution in [0, 0.1) is 0 Å². The number of furan rings is 1. The predicted octanol–water partition coefficient (Wildman–Crippen LogP) is 3.54. The van der Waals surface area contributed by atoms with Crippen molar-refractivity contribution in [1.29, 1.82) is 0 Å². The summed E-state index contributed by atoms with van der Waals surface area (Å²) in [7, 11) is 0. The van der Waals surface area contributed by atoms with Crippen molar-refractivity contribution in [3.05, 3.63) is 24.2 Å². The van der Waals surface area contributed by atoms with Gasteiger partial charge in [0.2, 0.25) is 0 Å². The molecule has 3 rings (SSSR count). The molecule has 166 valence electrons. The molecule has 2 heterocycles. The first-order chi connectivity index (χ1) is 13.7. The summed E-state index contributed by atoms with van der Waals surface area (Å²) >= 11 is 0. The van der Waals surface area contributed by atoms with Crippen LogP contribution in [0.15, 0.2) is 27.8 Å². The lowest BCUT2D eigenvalue weighted by Gasteiger charge is -2.42. The fourth-order valence-corrected chi connectivity index (χ4v) is 4.29. The van der Waals surface area contributed by atoms with Crippen LogP contribution in [-0.2, 0) is 6.42 Å².